The standard InChI is InChI=1S/C26H31N3O4.C2H6/c1-27-14-18-10-6-7-11-20(18)29-22(27)16-28-15-19(24(31)25(33-2)23(28)26(29)32)21(30)13-12-17-8-4-3-5-9-17;1-2/h3-5,8-9,15,18,20,22H,6-7,10-14,16H2,1-2H3;1-2H3/t18-,20-,22-;/m0./s1. The topological polar surface area (TPSA) is 71.8 Å². The number of aromatic nitrogens is 1. The summed E-state index contributed by atoms with van der Waals surface area (Å²) in [6, 6.07) is 9.95. The van der Waals surface area contributed by atoms with Crippen LogP contribution in [0.25, 0.3) is 0 Å². The van der Waals surface area contributed by atoms with Gasteiger partial charge in [-0.2, -0.15) is 0 Å². The Hall–Kier alpha value is -2.93. The summed E-state index contributed by atoms with van der Waals surface area (Å²) in [5, 5.41) is 0. The van der Waals surface area contributed by atoms with Crippen LogP contribution >= 0.6 is 0 Å². The van der Waals surface area contributed by atoms with E-state index in [1.165, 1.54) is 13.5 Å². The first-order valence-corrected chi connectivity index (χ1v) is 12.9. The fourth-order valence-electron chi connectivity index (χ4n) is 5.93. The molecule has 1 saturated heterocycles. The third kappa shape index (κ3) is 4.66. The number of hydrogen-bond acceptors (Lipinski definition) is 5. The van der Waals surface area contributed by atoms with Crippen LogP contribution in [-0.4, -0.2) is 59.0 Å². The van der Waals surface area contributed by atoms with Gasteiger partial charge >= 0.3 is 0 Å². The van der Waals surface area contributed by atoms with Crippen LogP contribution in [0.2, 0.25) is 0 Å². The van der Waals surface area contributed by atoms with Crippen molar-refractivity contribution in [3.63, 3.8) is 0 Å². The van der Waals surface area contributed by atoms with E-state index in [2.05, 4.69) is 11.9 Å². The lowest BCUT2D eigenvalue weighted by molar-refractivity contribution is -0.0628. The molecule has 1 aliphatic carbocycles. The predicted molar refractivity (Wildman–Crippen MR) is 136 cm³/mol. The number of methoxy groups -OCH3 is 1. The Balaban J connectivity index is 0.00000141. The average Bonchev–Trinajstić information content (AvgIpc) is 2.89. The molecule has 0 unspecified atom stereocenters. The number of fused-ring (bicyclic) bond motifs is 4. The molecule has 188 valence electrons. The largest absolute Gasteiger partial charge is 0.491 e. The Labute approximate surface area is 207 Å². The van der Waals surface area contributed by atoms with Gasteiger partial charge in [0.15, 0.2) is 17.2 Å². The second-order valence-corrected chi connectivity index (χ2v) is 9.56. The molecule has 2 fully saturated rings. The van der Waals surface area contributed by atoms with Crippen molar-refractivity contribution in [3.8, 4) is 5.75 Å². The number of ether oxygens (including phenoxy) is 1. The first kappa shape index (κ1) is 25.2. The molecule has 0 N–H and O–H groups in total. The molecule has 3 atom stereocenters. The number of hydrogen-bond donors (Lipinski definition) is 0. The van der Waals surface area contributed by atoms with Crippen LogP contribution in [0.5, 0.6) is 5.75 Å². The Kier molecular flexibility index (Phi) is 7.75. The minimum Gasteiger partial charge on any atom is -0.491 e. The number of Topliss-reactive ketones (excluding diaryl/α,β-unsaturated/α-hetero) is 1. The van der Waals surface area contributed by atoms with Crippen molar-refractivity contribution in [1.29, 1.82) is 0 Å². The summed E-state index contributed by atoms with van der Waals surface area (Å²) >= 11 is 0. The van der Waals surface area contributed by atoms with Crippen LogP contribution in [-0.2, 0) is 13.0 Å². The van der Waals surface area contributed by atoms with Crippen molar-refractivity contribution < 1.29 is 14.3 Å². The number of nitrogens with zero attached hydrogens (tertiary/aromatic N) is 3. The maximum atomic E-state index is 13.7. The summed E-state index contributed by atoms with van der Waals surface area (Å²) in [6.07, 6.45) is 6.76. The maximum absolute atomic E-state index is 13.7. The third-order valence-corrected chi connectivity index (χ3v) is 7.60. The quantitative estimate of drug-likeness (QED) is 0.607. The first-order chi connectivity index (χ1) is 17.0. The number of pyridine rings is 1. The fourth-order valence-corrected chi connectivity index (χ4v) is 5.93. The van der Waals surface area contributed by atoms with Crippen molar-refractivity contribution >= 4 is 11.7 Å². The van der Waals surface area contributed by atoms with Crippen molar-refractivity contribution in [2.75, 3.05) is 20.7 Å². The molecule has 35 heavy (non-hydrogen) atoms. The molecule has 1 aromatic heterocycles. The van der Waals surface area contributed by atoms with Crippen molar-refractivity contribution in [2.24, 2.45) is 5.92 Å². The molecule has 0 bridgehead atoms. The van der Waals surface area contributed by atoms with Gasteiger partial charge in [0, 0.05) is 25.2 Å². The molecule has 1 amide bonds. The van der Waals surface area contributed by atoms with E-state index < -0.39 is 5.43 Å². The van der Waals surface area contributed by atoms with Gasteiger partial charge in [-0.05, 0) is 37.8 Å². The van der Waals surface area contributed by atoms with Crippen molar-refractivity contribution in [2.45, 2.75) is 71.1 Å². The van der Waals surface area contributed by atoms with E-state index >= 15 is 0 Å². The SMILES string of the molecule is CC.COc1c2n(cc(C(=O)CCc3ccccc3)c1=O)C[C@H]1N(C)C[C@@H]3CCCC[C@@H]3N1C2=O. The second kappa shape index (κ2) is 10.8. The smallest absolute Gasteiger partial charge is 0.276 e. The summed E-state index contributed by atoms with van der Waals surface area (Å²) in [6.45, 7) is 5.49. The number of ketones is 1. The molecule has 3 aliphatic rings. The van der Waals surface area contributed by atoms with E-state index in [0.29, 0.717) is 18.9 Å². The minimum atomic E-state index is -0.487. The number of rotatable bonds is 5. The molecule has 7 heteroatoms. The number of carbonyl (C=O) groups excluding carboxylic acids is 2. The van der Waals surface area contributed by atoms with E-state index in [0.717, 1.165) is 31.4 Å². The molecule has 2 aromatic rings. The molecule has 7 nitrogen and oxygen atoms in total. The van der Waals surface area contributed by atoms with E-state index in [1.807, 2.05) is 49.1 Å². The highest BCUT2D eigenvalue weighted by molar-refractivity contribution is 6.00. The molecular formula is C28H37N3O4. The van der Waals surface area contributed by atoms with Crippen molar-refractivity contribution in [1.82, 2.24) is 14.4 Å². The summed E-state index contributed by atoms with van der Waals surface area (Å²) in [4.78, 5) is 44.3. The lowest BCUT2D eigenvalue weighted by Crippen LogP contribution is -2.66. The normalized spacial score (nSPS) is 23.4. The highest BCUT2D eigenvalue weighted by Crippen LogP contribution is 2.38. The molecule has 0 radical (unpaired) electrons. The third-order valence-electron chi connectivity index (χ3n) is 7.60. The molecule has 3 heterocycles. The monoisotopic (exact) mass is 479 g/mol. The summed E-state index contributed by atoms with van der Waals surface area (Å²) in [5.41, 5.74) is 0.937. The fraction of sp³-hybridized carbons (Fsp3) is 0.536. The van der Waals surface area contributed by atoms with Crippen LogP contribution in [0.3, 0.4) is 0 Å². The van der Waals surface area contributed by atoms with Gasteiger partial charge in [0.05, 0.1) is 19.2 Å². The van der Waals surface area contributed by atoms with E-state index in [1.54, 1.807) is 10.8 Å². The van der Waals surface area contributed by atoms with Crippen LogP contribution in [0.4, 0.5) is 0 Å². The van der Waals surface area contributed by atoms with Gasteiger partial charge in [-0.3, -0.25) is 19.3 Å². The van der Waals surface area contributed by atoms with Gasteiger partial charge in [0.25, 0.3) is 5.91 Å². The van der Waals surface area contributed by atoms with Gasteiger partial charge in [-0.25, -0.2) is 0 Å². The maximum Gasteiger partial charge on any atom is 0.276 e. The number of carbonyl (C=O) groups is 2. The van der Waals surface area contributed by atoms with Gasteiger partial charge in [-0.15, -0.1) is 0 Å². The number of amides is 1. The van der Waals surface area contributed by atoms with Gasteiger partial charge in [0.1, 0.15) is 6.17 Å². The Morgan fingerprint density at radius 2 is 1.77 bits per heavy atom. The van der Waals surface area contributed by atoms with E-state index in [-0.39, 0.29) is 47.3 Å². The van der Waals surface area contributed by atoms with Gasteiger partial charge < -0.3 is 14.2 Å². The highest BCUT2D eigenvalue weighted by atomic mass is 16.5. The zero-order valence-corrected chi connectivity index (χ0v) is 21.3. The summed E-state index contributed by atoms with van der Waals surface area (Å²) in [7, 11) is 3.47. The van der Waals surface area contributed by atoms with E-state index in [4.69, 9.17) is 4.74 Å². The molecule has 5 rings (SSSR count). The van der Waals surface area contributed by atoms with Crippen LogP contribution in [0.1, 0.15) is 72.4 Å². The highest BCUT2D eigenvalue weighted by Gasteiger charge is 2.47. The van der Waals surface area contributed by atoms with Gasteiger partial charge in [-0.1, -0.05) is 57.0 Å². The Bertz CT molecular complexity index is 1130. The lowest BCUT2D eigenvalue weighted by atomic mass is 9.80. The Morgan fingerprint density at radius 1 is 1.06 bits per heavy atom. The Morgan fingerprint density at radius 3 is 2.49 bits per heavy atom. The number of likely N-dealkylation sites (N-methyl/N-ethyl adjacent to an activating group) is 1. The first-order valence-electron chi connectivity index (χ1n) is 12.9. The molecule has 1 aromatic carbocycles. The summed E-state index contributed by atoms with van der Waals surface area (Å²) < 4.78 is 7.24. The number of aryl methyl sites for hydroxylation is 1. The molecule has 1 saturated carbocycles. The van der Waals surface area contributed by atoms with E-state index in [9.17, 15) is 14.4 Å². The average molecular weight is 480 g/mol. The predicted octanol–water partition coefficient (Wildman–Crippen LogP) is 3.98. The molecular weight excluding hydrogens is 442 g/mol. The lowest BCUT2D eigenvalue weighted by Gasteiger charge is -2.54. The number of benzene rings is 1. The van der Waals surface area contributed by atoms with Crippen molar-refractivity contribution in [3.05, 3.63) is 63.6 Å². The second-order valence-electron chi connectivity index (χ2n) is 9.56. The van der Waals surface area contributed by atoms with Crippen LogP contribution < -0.4 is 10.2 Å². The molecule has 0 spiro atoms. The summed E-state index contributed by atoms with van der Waals surface area (Å²) in [5.74, 6) is 0.0697. The minimum absolute atomic E-state index is 0.00963. The molecule has 2 aliphatic heterocycles. The van der Waals surface area contributed by atoms with Crippen LogP contribution in [0.15, 0.2) is 41.3 Å². The zero-order valence-electron chi connectivity index (χ0n) is 21.3. The van der Waals surface area contributed by atoms with Crippen LogP contribution in [0, 0.1) is 5.92 Å². The zero-order chi connectivity index (χ0) is 25.1. The van der Waals surface area contributed by atoms with Gasteiger partial charge in [0.2, 0.25) is 5.43 Å².